The number of carbonyl (C=O) groups is 1. The third kappa shape index (κ3) is 4.43. The molecule has 0 bridgehead atoms. The van der Waals surface area contributed by atoms with Crippen LogP contribution in [0.15, 0.2) is 36.4 Å². The van der Waals surface area contributed by atoms with Gasteiger partial charge >= 0.3 is 0 Å². The van der Waals surface area contributed by atoms with Crippen LogP contribution in [0.4, 0.5) is 11.4 Å². The molecule has 0 saturated carbocycles. The van der Waals surface area contributed by atoms with Gasteiger partial charge in [-0.3, -0.25) is 14.9 Å². The highest BCUT2D eigenvalue weighted by Crippen LogP contribution is 2.25. The van der Waals surface area contributed by atoms with Gasteiger partial charge in [-0.25, -0.2) is 0 Å². The van der Waals surface area contributed by atoms with Gasteiger partial charge < -0.3 is 10.1 Å². The number of nitrogens with zero attached hydrogens (tertiary/aromatic N) is 1. The summed E-state index contributed by atoms with van der Waals surface area (Å²) in [6.07, 6.45) is 0. The molecule has 0 aromatic heterocycles. The molecule has 2 aromatic rings. The van der Waals surface area contributed by atoms with E-state index in [9.17, 15) is 14.9 Å². The number of anilines is 1. The van der Waals surface area contributed by atoms with Crippen LogP contribution in [-0.2, 0) is 4.79 Å². The van der Waals surface area contributed by atoms with E-state index in [1.165, 1.54) is 24.3 Å². The van der Waals surface area contributed by atoms with Crippen LogP contribution in [0.1, 0.15) is 11.1 Å². The summed E-state index contributed by atoms with van der Waals surface area (Å²) < 4.78 is 5.44. The molecular formula is C16H15ClN2O4. The second-order valence-corrected chi connectivity index (χ2v) is 5.39. The fraction of sp³-hybridized carbons (Fsp3) is 0.188. The molecule has 0 fully saturated rings. The fourth-order valence-corrected chi connectivity index (χ4v) is 2.11. The number of halogens is 1. The number of amides is 1. The minimum Gasteiger partial charge on any atom is -0.484 e. The SMILES string of the molecule is Cc1cc(OCC(=O)Nc2ccc([N+](=O)[O-])cc2)cc(C)c1Cl. The lowest BCUT2D eigenvalue weighted by atomic mass is 10.1. The molecule has 0 aliphatic heterocycles. The zero-order valence-corrected chi connectivity index (χ0v) is 13.4. The summed E-state index contributed by atoms with van der Waals surface area (Å²) in [6.45, 7) is 3.55. The van der Waals surface area contributed by atoms with Gasteiger partial charge in [-0.2, -0.15) is 0 Å². The van der Waals surface area contributed by atoms with E-state index in [2.05, 4.69) is 5.32 Å². The summed E-state index contributed by atoms with van der Waals surface area (Å²) in [5.74, 6) is 0.201. The maximum atomic E-state index is 11.8. The Bertz CT molecular complexity index is 721. The number of ether oxygens (including phenoxy) is 1. The van der Waals surface area contributed by atoms with Crippen LogP contribution in [0.25, 0.3) is 0 Å². The topological polar surface area (TPSA) is 81.5 Å². The van der Waals surface area contributed by atoms with Crippen molar-refractivity contribution in [2.75, 3.05) is 11.9 Å². The molecule has 0 heterocycles. The van der Waals surface area contributed by atoms with Crippen LogP contribution in [0.3, 0.4) is 0 Å². The Morgan fingerprint density at radius 3 is 2.30 bits per heavy atom. The smallest absolute Gasteiger partial charge is 0.269 e. The zero-order valence-electron chi connectivity index (χ0n) is 12.6. The molecule has 0 radical (unpaired) electrons. The van der Waals surface area contributed by atoms with Crippen molar-refractivity contribution >= 4 is 28.9 Å². The number of benzene rings is 2. The van der Waals surface area contributed by atoms with Gasteiger partial charge in [-0.05, 0) is 49.2 Å². The molecule has 2 aromatic carbocycles. The van der Waals surface area contributed by atoms with Gasteiger partial charge in [0.25, 0.3) is 11.6 Å². The largest absolute Gasteiger partial charge is 0.484 e. The average molecular weight is 335 g/mol. The van der Waals surface area contributed by atoms with Crippen LogP contribution in [0, 0.1) is 24.0 Å². The van der Waals surface area contributed by atoms with E-state index in [-0.39, 0.29) is 18.2 Å². The van der Waals surface area contributed by atoms with Gasteiger partial charge in [0.2, 0.25) is 0 Å². The van der Waals surface area contributed by atoms with Gasteiger partial charge in [0.15, 0.2) is 6.61 Å². The summed E-state index contributed by atoms with van der Waals surface area (Å²) in [4.78, 5) is 21.9. The number of nitro benzene ring substituents is 1. The maximum Gasteiger partial charge on any atom is 0.269 e. The Balaban J connectivity index is 1.93. The number of hydrogen-bond donors (Lipinski definition) is 1. The second-order valence-electron chi connectivity index (χ2n) is 5.01. The van der Waals surface area contributed by atoms with Gasteiger partial charge in [-0.1, -0.05) is 11.6 Å². The third-order valence-corrected chi connectivity index (χ3v) is 3.74. The lowest BCUT2D eigenvalue weighted by molar-refractivity contribution is -0.384. The van der Waals surface area contributed by atoms with Crippen molar-refractivity contribution in [1.29, 1.82) is 0 Å². The lowest BCUT2D eigenvalue weighted by Gasteiger charge is -2.10. The van der Waals surface area contributed by atoms with Crippen molar-refractivity contribution in [2.24, 2.45) is 0 Å². The predicted octanol–water partition coefficient (Wildman–Crippen LogP) is 3.88. The molecule has 0 unspecified atom stereocenters. The monoisotopic (exact) mass is 334 g/mol. The first-order valence-electron chi connectivity index (χ1n) is 6.80. The van der Waals surface area contributed by atoms with Crippen LogP contribution in [0.2, 0.25) is 5.02 Å². The number of carbonyl (C=O) groups excluding carboxylic acids is 1. The molecule has 120 valence electrons. The maximum absolute atomic E-state index is 11.8. The molecule has 2 rings (SSSR count). The summed E-state index contributed by atoms with van der Waals surface area (Å²) in [7, 11) is 0. The van der Waals surface area contributed by atoms with E-state index in [0.29, 0.717) is 16.5 Å². The Labute approximate surface area is 138 Å². The van der Waals surface area contributed by atoms with Crippen LogP contribution in [-0.4, -0.2) is 17.4 Å². The zero-order chi connectivity index (χ0) is 17.0. The van der Waals surface area contributed by atoms with E-state index in [1.54, 1.807) is 12.1 Å². The average Bonchev–Trinajstić information content (AvgIpc) is 2.51. The molecule has 1 amide bonds. The first-order chi connectivity index (χ1) is 10.9. The van der Waals surface area contributed by atoms with Gasteiger partial charge in [-0.15, -0.1) is 0 Å². The highest BCUT2D eigenvalue weighted by molar-refractivity contribution is 6.32. The number of aryl methyl sites for hydroxylation is 2. The minimum absolute atomic E-state index is 0.0358. The Hall–Kier alpha value is -2.60. The normalized spacial score (nSPS) is 10.2. The summed E-state index contributed by atoms with van der Waals surface area (Å²) in [5, 5.41) is 13.8. The number of rotatable bonds is 5. The van der Waals surface area contributed by atoms with E-state index in [4.69, 9.17) is 16.3 Å². The molecule has 7 heteroatoms. The van der Waals surface area contributed by atoms with Crippen molar-refractivity contribution in [3.8, 4) is 5.75 Å². The van der Waals surface area contributed by atoms with Crippen molar-refractivity contribution < 1.29 is 14.5 Å². The number of nitro groups is 1. The van der Waals surface area contributed by atoms with Crippen molar-refractivity contribution in [3.63, 3.8) is 0 Å². The number of non-ortho nitro benzene ring substituents is 1. The molecule has 0 saturated heterocycles. The summed E-state index contributed by atoms with van der Waals surface area (Å²) in [5.41, 5.74) is 2.17. The second kappa shape index (κ2) is 7.11. The highest BCUT2D eigenvalue weighted by atomic mass is 35.5. The molecule has 0 atom stereocenters. The van der Waals surface area contributed by atoms with Gasteiger partial charge in [0, 0.05) is 22.8 Å². The number of nitrogens with one attached hydrogen (secondary N) is 1. The molecule has 6 nitrogen and oxygen atoms in total. The quantitative estimate of drug-likeness (QED) is 0.664. The Kier molecular flexibility index (Phi) is 5.18. The van der Waals surface area contributed by atoms with E-state index < -0.39 is 4.92 Å². The summed E-state index contributed by atoms with van der Waals surface area (Å²) >= 11 is 6.07. The molecule has 23 heavy (non-hydrogen) atoms. The van der Waals surface area contributed by atoms with Crippen molar-refractivity contribution in [2.45, 2.75) is 13.8 Å². The standard InChI is InChI=1S/C16H15ClN2O4/c1-10-7-14(8-11(2)16(10)17)23-9-15(20)18-12-3-5-13(6-4-12)19(21)22/h3-8H,9H2,1-2H3,(H,18,20). The van der Waals surface area contributed by atoms with Crippen molar-refractivity contribution in [1.82, 2.24) is 0 Å². The van der Waals surface area contributed by atoms with Gasteiger partial charge in [0.1, 0.15) is 5.75 Å². The fourth-order valence-electron chi connectivity index (χ4n) is 2.00. The summed E-state index contributed by atoms with van der Waals surface area (Å²) in [6, 6.07) is 9.09. The molecule has 0 aliphatic carbocycles. The Morgan fingerprint density at radius 1 is 1.22 bits per heavy atom. The first-order valence-corrected chi connectivity index (χ1v) is 7.18. The van der Waals surface area contributed by atoms with E-state index in [1.807, 2.05) is 13.8 Å². The highest BCUT2D eigenvalue weighted by Gasteiger charge is 2.08. The van der Waals surface area contributed by atoms with Crippen LogP contribution < -0.4 is 10.1 Å². The van der Waals surface area contributed by atoms with E-state index in [0.717, 1.165) is 11.1 Å². The first kappa shape index (κ1) is 16.8. The molecule has 0 aliphatic rings. The molecule has 1 N–H and O–H groups in total. The van der Waals surface area contributed by atoms with E-state index >= 15 is 0 Å². The lowest BCUT2D eigenvalue weighted by Crippen LogP contribution is -2.20. The van der Waals surface area contributed by atoms with Crippen LogP contribution >= 0.6 is 11.6 Å². The Morgan fingerprint density at radius 2 is 1.78 bits per heavy atom. The third-order valence-electron chi connectivity index (χ3n) is 3.14. The van der Waals surface area contributed by atoms with Crippen molar-refractivity contribution in [3.05, 3.63) is 62.7 Å². The molecule has 0 spiro atoms. The van der Waals surface area contributed by atoms with Crippen LogP contribution in [0.5, 0.6) is 5.75 Å². The molecular weight excluding hydrogens is 320 g/mol. The number of hydrogen-bond acceptors (Lipinski definition) is 4. The predicted molar refractivity (Wildman–Crippen MR) is 88.1 cm³/mol. The minimum atomic E-state index is -0.500. The van der Waals surface area contributed by atoms with Gasteiger partial charge in [0.05, 0.1) is 4.92 Å².